The standard InChI is InChI=1S/C14H24N4/c1-3-11-7-17(8-12(11)4-1)15-16-18-9-13-5-2-6-14(13)10-18/h11-14H,1-10H2/b16-15+. The van der Waals surface area contributed by atoms with Crippen LogP contribution in [-0.4, -0.2) is 36.2 Å². The number of fused-ring (bicyclic) bond motifs is 2. The lowest BCUT2D eigenvalue weighted by atomic mass is 10.0. The van der Waals surface area contributed by atoms with Gasteiger partial charge in [0, 0.05) is 26.2 Å². The van der Waals surface area contributed by atoms with Crippen molar-refractivity contribution in [2.45, 2.75) is 38.5 Å². The molecule has 4 rings (SSSR count). The fraction of sp³-hybridized carbons (Fsp3) is 1.00. The van der Waals surface area contributed by atoms with Crippen LogP contribution < -0.4 is 0 Å². The normalized spacial score (nSPS) is 43.1. The maximum atomic E-state index is 4.50. The first-order chi connectivity index (χ1) is 8.88. The van der Waals surface area contributed by atoms with Crippen LogP contribution >= 0.6 is 0 Å². The van der Waals surface area contributed by atoms with Crippen LogP contribution in [0.25, 0.3) is 0 Å². The Hall–Kier alpha value is -0.800. The van der Waals surface area contributed by atoms with E-state index in [1.807, 2.05) is 0 Å². The Morgan fingerprint density at radius 1 is 0.556 bits per heavy atom. The van der Waals surface area contributed by atoms with Crippen LogP contribution in [0.15, 0.2) is 10.4 Å². The number of hydrogen-bond donors (Lipinski definition) is 0. The molecule has 0 aromatic heterocycles. The van der Waals surface area contributed by atoms with Crippen LogP contribution in [-0.2, 0) is 0 Å². The lowest BCUT2D eigenvalue weighted by molar-refractivity contribution is 0.229. The van der Waals surface area contributed by atoms with Crippen LogP contribution in [0.5, 0.6) is 0 Å². The van der Waals surface area contributed by atoms with E-state index in [0.29, 0.717) is 0 Å². The second-order valence-corrected chi connectivity index (χ2v) is 6.82. The topological polar surface area (TPSA) is 31.2 Å². The first-order valence-corrected chi connectivity index (χ1v) is 7.80. The van der Waals surface area contributed by atoms with Gasteiger partial charge < -0.3 is 0 Å². The summed E-state index contributed by atoms with van der Waals surface area (Å²) in [6.45, 7) is 4.65. The first-order valence-electron chi connectivity index (χ1n) is 7.80. The molecule has 4 heteroatoms. The molecule has 4 fully saturated rings. The van der Waals surface area contributed by atoms with Gasteiger partial charge in [-0.15, -0.1) is 0 Å². The molecule has 0 spiro atoms. The SMILES string of the molecule is C1CC2CN(/N=N/N3CC4CCCC4C3)CC2C1. The molecule has 2 aliphatic carbocycles. The number of nitrogens with zero attached hydrogens (tertiary/aromatic N) is 4. The van der Waals surface area contributed by atoms with Crippen molar-refractivity contribution in [1.29, 1.82) is 0 Å². The van der Waals surface area contributed by atoms with Gasteiger partial charge in [0.2, 0.25) is 0 Å². The monoisotopic (exact) mass is 248 g/mol. The van der Waals surface area contributed by atoms with E-state index >= 15 is 0 Å². The Morgan fingerprint density at radius 2 is 0.889 bits per heavy atom. The van der Waals surface area contributed by atoms with Gasteiger partial charge in [0.05, 0.1) is 0 Å². The van der Waals surface area contributed by atoms with E-state index in [0.717, 1.165) is 49.9 Å². The molecule has 0 aromatic rings. The van der Waals surface area contributed by atoms with Crippen LogP contribution in [0.2, 0.25) is 0 Å². The van der Waals surface area contributed by atoms with Crippen molar-refractivity contribution < 1.29 is 0 Å². The average molecular weight is 248 g/mol. The molecule has 0 bridgehead atoms. The predicted molar refractivity (Wildman–Crippen MR) is 69.7 cm³/mol. The molecule has 0 amide bonds. The predicted octanol–water partition coefficient (Wildman–Crippen LogP) is 2.73. The minimum atomic E-state index is 0.918. The summed E-state index contributed by atoms with van der Waals surface area (Å²) in [7, 11) is 0. The van der Waals surface area contributed by atoms with Crippen molar-refractivity contribution in [3.8, 4) is 0 Å². The summed E-state index contributed by atoms with van der Waals surface area (Å²) in [5, 5.41) is 13.4. The van der Waals surface area contributed by atoms with Crippen molar-refractivity contribution in [1.82, 2.24) is 10.0 Å². The Bertz CT molecular complexity index is 287. The molecule has 0 N–H and O–H groups in total. The molecule has 4 unspecified atom stereocenters. The van der Waals surface area contributed by atoms with E-state index in [1.54, 1.807) is 0 Å². The summed E-state index contributed by atoms with van der Waals surface area (Å²) < 4.78 is 0. The fourth-order valence-corrected chi connectivity index (χ4v) is 4.68. The lowest BCUT2D eigenvalue weighted by Gasteiger charge is -2.14. The maximum Gasteiger partial charge on any atom is 0.0409 e. The van der Waals surface area contributed by atoms with E-state index in [1.165, 1.54) is 38.5 Å². The minimum Gasteiger partial charge on any atom is -0.277 e. The number of rotatable bonds is 2. The van der Waals surface area contributed by atoms with Crippen molar-refractivity contribution in [3.05, 3.63) is 0 Å². The third-order valence-corrected chi connectivity index (χ3v) is 5.71. The van der Waals surface area contributed by atoms with Gasteiger partial charge in [-0.25, -0.2) is 0 Å². The van der Waals surface area contributed by atoms with E-state index in [2.05, 4.69) is 20.5 Å². The summed E-state index contributed by atoms with van der Waals surface area (Å²) >= 11 is 0. The van der Waals surface area contributed by atoms with E-state index < -0.39 is 0 Å². The fourth-order valence-electron chi connectivity index (χ4n) is 4.68. The van der Waals surface area contributed by atoms with Crippen molar-refractivity contribution in [2.24, 2.45) is 34.1 Å². The smallest absolute Gasteiger partial charge is 0.0409 e. The van der Waals surface area contributed by atoms with Gasteiger partial charge in [-0.05, 0) is 49.4 Å². The molecular formula is C14H24N4. The molecular weight excluding hydrogens is 224 g/mol. The Labute approximate surface area is 109 Å². The van der Waals surface area contributed by atoms with E-state index in [4.69, 9.17) is 0 Å². The largest absolute Gasteiger partial charge is 0.277 e. The highest BCUT2D eigenvalue weighted by Crippen LogP contribution is 2.39. The molecule has 2 saturated carbocycles. The van der Waals surface area contributed by atoms with Gasteiger partial charge in [-0.3, -0.25) is 10.0 Å². The third-order valence-electron chi connectivity index (χ3n) is 5.71. The molecule has 4 nitrogen and oxygen atoms in total. The first kappa shape index (κ1) is 11.1. The third kappa shape index (κ3) is 1.90. The highest BCUT2D eigenvalue weighted by molar-refractivity contribution is 4.88. The molecule has 4 atom stereocenters. The van der Waals surface area contributed by atoms with Crippen LogP contribution in [0.3, 0.4) is 0 Å². The van der Waals surface area contributed by atoms with Gasteiger partial charge in [0.1, 0.15) is 0 Å². The van der Waals surface area contributed by atoms with Crippen LogP contribution in [0.1, 0.15) is 38.5 Å². The van der Waals surface area contributed by atoms with Gasteiger partial charge in [-0.2, -0.15) is 0 Å². The molecule has 100 valence electrons. The van der Waals surface area contributed by atoms with E-state index in [-0.39, 0.29) is 0 Å². The van der Waals surface area contributed by atoms with E-state index in [9.17, 15) is 0 Å². The molecule has 18 heavy (non-hydrogen) atoms. The van der Waals surface area contributed by atoms with Crippen molar-refractivity contribution >= 4 is 0 Å². The minimum absolute atomic E-state index is 0.918. The molecule has 0 radical (unpaired) electrons. The molecule has 2 saturated heterocycles. The van der Waals surface area contributed by atoms with Gasteiger partial charge in [-0.1, -0.05) is 23.3 Å². The summed E-state index contributed by atoms with van der Waals surface area (Å²) in [4.78, 5) is 0. The summed E-state index contributed by atoms with van der Waals surface area (Å²) in [6.07, 6.45) is 8.57. The Balaban J connectivity index is 1.31. The zero-order chi connectivity index (χ0) is 11.9. The lowest BCUT2D eigenvalue weighted by Crippen LogP contribution is -2.18. The molecule has 2 heterocycles. The van der Waals surface area contributed by atoms with Crippen molar-refractivity contribution in [3.63, 3.8) is 0 Å². The number of hydrogen-bond acceptors (Lipinski definition) is 2. The summed E-state index contributed by atoms with van der Waals surface area (Å²) in [6, 6.07) is 0. The second kappa shape index (κ2) is 4.39. The summed E-state index contributed by atoms with van der Waals surface area (Å²) in [5.41, 5.74) is 0. The second-order valence-electron chi connectivity index (χ2n) is 6.82. The Morgan fingerprint density at radius 3 is 1.22 bits per heavy atom. The average Bonchev–Trinajstić information content (AvgIpc) is 3.04. The molecule has 2 aliphatic heterocycles. The van der Waals surface area contributed by atoms with Gasteiger partial charge in [0.15, 0.2) is 0 Å². The Kier molecular flexibility index (Phi) is 2.70. The van der Waals surface area contributed by atoms with Crippen molar-refractivity contribution in [2.75, 3.05) is 26.2 Å². The molecule has 0 aromatic carbocycles. The zero-order valence-electron chi connectivity index (χ0n) is 11.2. The quantitative estimate of drug-likeness (QED) is 0.704. The summed E-state index contributed by atoms with van der Waals surface area (Å²) in [5.74, 6) is 3.67. The highest BCUT2D eigenvalue weighted by Gasteiger charge is 2.37. The highest BCUT2D eigenvalue weighted by atomic mass is 15.7. The molecule has 4 aliphatic rings. The van der Waals surface area contributed by atoms with Gasteiger partial charge in [0.25, 0.3) is 0 Å². The van der Waals surface area contributed by atoms with Crippen LogP contribution in [0.4, 0.5) is 0 Å². The van der Waals surface area contributed by atoms with Gasteiger partial charge >= 0.3 is 0 Å². The maximum absolute atomic E-state index is 4.50. The van der Waals surface area contributed by atoms with Crippen LogP contribution in [0, 0.1) is 23.7 Å². The zero-order valence-corrected chi connectivity index (χ0v) is 11.2.